The SMILES string of the molecule is COC(=O)C(C)Oc1ccc(OC#N)cc1. The van der Waals surface area contributed by atoms with Gasteiger partial charge in [-0.05, 0) is 31.2 Å². The van der Waals surface area contributed by atoms with Gasteiger partial charge < -0.3 is 14.2 Å². The smallest absolute Gasteiger partial charge is 0.346 e. The zero-order valence-corrected chi connectivity index (χ0v) is 8.97. The highest BCUT2D eigenvalue weighted by Crippen LogP contribution is 2.18. The molecule has 0 N–H and O–H groups in total. The summed E-state index contributed by atoms with van der Waals surface area (Å²) in [5.74, 6) is 0.473. The first-order valence-electron chi connectivity index (χ1n) is 4.58. The predicted molar refractivity (Wildman–Crippen MR) is 54.8 cm³/mol. The predicted octanol–water partition coefficient (Wildman–Crippen LogP) is 1.49. The molecule has 1 rings (SSSR count). The lowest BCUT2D eigenvalue weighted by atomic mass is 10.3. The van der Waals surface area contributed by atoms with Gasteiger partial charge in [0.05, 0.1) is 7.11 Å². The maximum atomic E-state index is 11.1. The van der Waals surface area contributed by atoms with Crippen LogP contribution >= 0.6 is 0 Å². The largest absolute Gasteiger partial charge is 0.479 e. The maximum Gasteiger partial charge on any atom is 0.346 e. The normalized spacial score (nSPS) is 11.1. The van der Waals surface area contributed by atoms with Gasteiger partial charge in [-0.2, -0.15) is 0 Å². The van der Waals surface area contributed by atoms with Crippen LogP contribution in [0.2, 0.25) is 0 Å². The Morgan fingerprint density at radius 1 is 1.31 bits per heavy atom. The number of benzene rings is 1. The lowest BCUT2D eigenvalue weighted by molar-refractivity contribution is -0.147. The van der Waals surface area contributed by atoms with Crippen molar-refractivity contribution in [3.63, 3.8) is 0 Å². The van der Waals surface area contributed by atoms with Gasteiger partial charge >= 0.3 is 5.97 Å². The molecule has 1 aromatic rings. The van der Waals surface area contributed by atoms with Crippen LogP contribution in [-0.4, -0.2) is 19.2 Å². The number of carbonyl (C=O) groups is 1. The van der Waals surface area contributed by atoms with Crippen LogP contribution in [0.1, 0.15) is 6.92 Å². The van der Waals surface area contributed by atoms with E-state index in [4.69, 9.17) is 10.00 Å². The van der Waals surface area contributed by atoms with E-state index in [0.717, 1.165) is 0 Å². The summed E-state index contributed by atoms with van der Waals surface area (Å²) in [4.78, 5) is 11.1. The second kappa shape index (κ2) is 5.61. The molecule has 0 radical (unpaired) electrons. The zero-order chi connectivity index (χ0) is 12.0. The third-order valence-corrected chi connectivity index (χ3v) is 1.83. The molecule has 0 amide bonds. The van der Waals surface area contributed by atoms with Crippen LogP contribution in [0.15, 0.2) is 24.3 Å². The average molecular weight is 221 g/mol. The van der Waals surface area contributed by atoms with E-state index >= 15 is 0 Å². The molecule has 0 saturated carbocycles. The van der Waals surface area contributed by atoms with E-state index in [1.807, 2.05) is 0 Å². The number of nitriles is 1. The summed E-state index contributed by atoms with van der Waals surface area (Å²) >= 11 is 0. The Labute approximate surface area is 93.2 Å². The fourth-order valence-corrected chi connectivity index (χ4v) is 1.06. The molecular weight excluding hydrogens is 210 g/mol. The Balaban J connectivity index is 2.62. The molecule has 1 unspecified atom stereocenters. The van der Waals surface area contributed by atoms with Gasteiger partial charge in [-0.3, -0.25) is 0 Å². The Morgan fingerprint density at radius 2 is 1.88 bits per heavy atom. The Morgan fingerprint density at radius 3 is 2.38 bits per heavy atom. The number of carbonyl (C=O) groups excluding carboxylic acids is 1. The summed E-state index contributed by atoms with van der Waals surface area (Å²) in [5, 5.41) is 8.27. The highest BCUT2D eigenvalue weighted by atomic mass is 16.6. The van der Waals surface area contributed by atoms with Crippen LogP contribution in [0.25, 0.3) is 0 Å². The molecule has 1 atom stereocenters. The van der Waals surface area contributed by atoms with Crippen LogP contribution < -0.4 is 9.47 Å². The van der Waals surface area contributed by atoms with Gasteiger partial charge in [0.1, 0.15) is 11.5 Å². The first-order chi connectivity index (χ1) is 7.67. The molecule has 0 aromatic heterocycles. The highest BCUT2D eigenvalue weighted by Gasteiger charge is 2.14. The number of esters is 1. The molecule has 16 heavy (non-hydrogen) atoms. The van der Waals surface area contributed by atoms with Crippen molar-refractivity contribution in [2.45, 2.75) is 13.0 Å². The lowest BCUT2D eigenvalue weighted by Gasteiger charge is -2.12. The monoisotopic (exact) mass is 221 g/mol. The van der Waals surface area contributed by atoms with Crippen LogP contribution in [-0.2, 0) is 9.53 Å². The molecule has 0 fully saturated rings. The van der Waals surface area contributed by atoms with Crippen molar-refractivity contribution < 1.29 is 19.0 Å². The molecular formula is C11H11NO4. The fraction of sp³-hybridized carbons (Fsp3) is 0.273. The van der Waals surface area contributed by atoms with Crippen LogP contribution in [0.5, 0.6) is 11.5 Å². The number of hydrogen-bond donors (Lipinski definition) is 0. The number of methoxy groups -OCH3 is 1. The van der Waals surface area contributed by atoms with E-state index in [2.05, 4.69) is 9.47 Å². The topological polar surface area (TPSA) is 68.6 Å². The quantitative estimate of drug-likeness (QED) is 0.569. The Bertz CT molecular complexity index is 393. The zero-order valence-electron chi connectivity index (χ0n) is 8.97. The molecule has 0 spiro atoms. The molecule has 1 aromatic carbocycles. The van der Waals surface area contributed by atoms with Gasteiger partial charge in [-0.1, -0.05) is 0 Å². The third kappa shape index (κ3) is 3.17. The summed E-state index contributed by atoms with van der Waals surface area (Å²) in [6, 6.07) is 6.35. The van der Waals surface area contributed by atoms with Gasteiger partial charge in [0.2, 0.25) is 0 Å². The highest BCUT2D eigenvalue weighted by molar-refractivity contribution is 5.74. The molecule has 0 saturated heterocycles. The van der Waals surface area contributed by atoms with Gasteiger partial charge in [0, 0.05) is 0 Å². The van der Waals surface area contributed by atoms with Crippen LogP contribution in [0, 0.1) is 11.5 Å². The Hall–Kier alpha value is -2.22. The number of hydrogen-bond acceptors (Lipinski definition) is 5. The van der Waals surface area contributed by atoms with Crippen LogP contribution in [0.3, 0.4) is 0 Å². The van der Waals surface area contributed by atoms with Crippen molar-refractivity contribution in [2.75, 3.05) is 7.11 Å². The van der Waals surface area contributed by atoms with E-state index in [1.54, 1.807) is 37.4 Å². The van der Waals surface area contributed by atoms with Gasteiger partial charge in [-0.25, -0.2) is 4.79 Å². The standard InChI is InChI=1S/C11H11NO4/c1-8(11(13)14-2)16-10-5-3-9(4-6-10)15-7-12/h3-6,8H,1-2H3. The molecule has 0 aliphatic carbocycles. The number of ether oxygens (including phenoxy) is 3. The van der Waals surface area contributed by atoms with Gasteiger partial charge in [0.25, 0.3) is 6.26 Å². The number of rotatable bonds is 4. The van der Waals surface area contributed by atoms with Crippen molar-refractivity contribution in [1.29, 1.82) is 5.26 Å². The Kier molecular flexibility index (Phi) is 4.16. The van der Waals surface area contributed by atoms with Gasteiger partial charge in [-0.15, -0.1) is 5.26 Å². The summed E-state index contributed by atoms with van der Waals surface area (Å²) in [7, 11) is 1.30. The molecule has 5 nitrogen and oxygen atoms in total. The molecule has 0 heterocycles. The van der Waals surface area contributed by atoms with E-state index in [9.17, 15) is 4.79 Å². The average Bonchev–Trinajstić information content (AvgIpc) is 2.31. The minimum absolute atomic E-state index is 0.417. The third-order valence-electron chi connectivity index (χ3n) is 1.83. The van der Waals surface area contributed by atoms with Crippen molar-refractivity contribution >= 4 is 5.97 Å². The minimum Gasteiger partial charge on any atom is -0.479 e. The molecule has 0 bridgehead atoms. The first kappa shape index (κ1) is 11.9. The van der Waals surface area contributed by atoms with E-state index in [1.165, 1.54) is 7.11 Å². The summed E-state index contributed by atoms with van der Waals surface area (Å²) in [6.07, 6.45) is 0.883. The molecule has 5 heteroatoms. The van der Waals surface area contributed by atoms with Crippen molar-refractivity contribution in [1.82, 2.24) is 0 Å². The second-order valence-electron chi connectivity index (χ2n) is 2.95. The van der Waals surface area contributed by atoms with E-state index in [-0.39, 0.29) is 0 Å². The van der Waals surface area contributed by atoms with E-state index in [0.29, 0.717) is 11.5 Å². The molecule has 0 aliphatic heterocycles. The first-order valence-corrected chi connectivity index (χ1v) is 4.58. The van der Waals surface area contributed by atoms with Crippen molar-refractivity contribution in [3.8, 4) is 17.8 Å². The lowest BCUT2D eigenvalue weighted by Crippen LogP contribution is -2.24. The molecule has 0 aliphatic rings. The summed E-state index contributed by atoms with van der Waals surface area (Å²) < 4.78 is 14.4. The van der Waals surface area contributed by atoms with E-state index < -0.39 is 12.1 Å². The summed E-state index contributed by atoms with van der Waals surface area (Å²) in [6.45, 7) is 1.59. The summed E-state index contributed by atoms with van der Waals surface area (Å²) in [5.41, 5.74) is 0. The number of nitrogens with zero attached hydrogens (tertiary/aromatic N) is 1. The van der Waals surface area contributed by atoms with Crippen LogP contribution in [0.4, 0.5) is 0 Å². The maximum absolute atomic E-state index is 11.1. The second-order valence-corrected chi connectivity index (χ2v) is 2.95. The molecule has 84 valence electrons. The van der Waals surface area contributed by atoms with Crippen molar-refractivity contribution in [3.05, 3.63) is 24.3 Å². The van der Waals surface area contributed by atoms with Gasteiger partial charge in [0.15, 0.2) is 6.10 Å². The minimum atomic E-state index is -0.673. The fourth-order valence-electron chi connectivity index (χ4n) is 1.06. The van der Waals surface area contributed by atoms with Crippen molar-refractivity contribution in [2.24, 2.45) is 0 Å².